The van der Waals surface area contributed by atoms with E-state index < -0.39 is 27.9 Å². The highest BCUT2D eigenvalue weighted by atomic mass is 32.2. The summed E-state index contributed by atoms with van der Waals surface area (Å²) in [6, 6.07) is 5.14. The van der Waals surface area contributed by atoms with E-state index in [1.54, 1.807) is 6.92 Å². The Kier molecular flexibility index (Phi) is 6.47. The Morgan fingerprint density at radius 2 is 1.82 bits per heavy atom. The van der Waals surface area contributed by atoms with Crippen molar-refractivity contribution in [2.24, 2.45) is 5.14 Å². The molecule has 0 saturated heterocycles. The van der Waals surface area contributed by atoms with Gasteiger partial charge in [-0.2, -0.15) is 0 Å². The second-order valence-corrected chi connectivity index (χ2v) is 6.19. The molecule has 1 atom stereocenters. The second kappa shape index (κ2) is 7.87. The second-order valence-electron chi connectivity index (χ2n) is 4.63. The molecule has 0 aromatic heterocycles. The zero-order valence-corrected chi connectivity index (χ0v) is 12.9. The first kappa shape index (κ1) is 18.1. The van der Waals surface area contributed by atoms with Crippen LogP contribution in [0.5, 0.6) is 0 Å². The van der Waals surface area contributed by atoms with E-state index in [0.717, 1.165) is 0 Å². The van der Waals surface area contributed by atoms with Gasteiger partial charge in [0.1, 0.15) is 0 Å². The Morgan fingerprint density at radius 3 is 2.27 bits per heavy atom. The first-order valence-corrected chi connectivity index (χ1v) is 8.13. The number of hydrogen-bond donors (Lipinski definition) is 4. The number of nitrogens with one attached hydrogen (secondary N) is 2. The van der Waals surface area contributed by atoms with Crippen LogP contribution in [-0.2, 0) is 26.2 Å². The summed E-state index contributed by atoms with van der Waals surface area (Å²) in [7, 11) is -3.76. The number of aliphatic hydroxyl groups excluding tert-OH is 1. The Labute approximate surface area is 128 Å². The molecule has 1 aromatic carbocycles. The van der Waals surface area contributed by atoms with Crippen LogP contribution in [0, 0.1) is 0 Å². The Hall–Kier alpha value is -1.97. The summed E-state index contributed by atoms with van der Waals surface area (Å²) in [5, 5.41) is 18.7. The largest absolute Gasteiger partial charge is 0.394 e. The van der Waals surface area contributed by atoms with Gasteiger partial charge in [0.15, 0.2) is 0 Å². The minimum absolute atomic E-state index is 0.0333. The summed E-state index contributed by atoms with van der Waals surface area (Å²) in [4.78, 5) is 23.1. The molecule has 8 nitrogen and oxygen atoms in total. The van der Waals surface area contributed by atoms with Crippen molar-refractivity contribution in [2.75, 3.05) is 6.61 Å². The summed E-state index contributed by atoms with van der Waals surface area (Å²) in [5.74, 6) is -1.66. The fourth-order valence-electron chi connectivity index (χ4n) is 1.59. The van der Waals surface area contributed by atoms with Crippen molar-refractivity contribution >= 4 is 21.8 Å². The van der Waals surface area contributed by atoms with E-state index in [1.807, 2.05) is 0 Å². The molecule has 1 aromatic rings. The number of benzene rings is 1. The third-order valence-electron chi connectivity index (χ3n) is 2.96. The molecule has 122 valence electrons. The van der Waals surface area contributed by atoms with E-state index in [0.29, 0.717) is 12.0 Å². The Morgan fingerprint density at radius 1 is 1.23 bits per heavy atom. The molecule has 5 N–H and O–H groups in total. The smallest absolute Gasteiger partial charge is 0.309 e. The number of hydrogen-bond acceptors (Lipinski definition) is 5. The van der Waals surface area contributed by atoms with Crippen LogP contribution in [0.1, 0.15) is 18.9 Å². The first-order valence-electron chi connectivity index (χ1n) is 6.59. The van der Waals surface area contributed by atoms with Crippen molar-refractivity contribution < 1.29 is 23.1 Å². The standard InChI is InChI=1S/C13H19N3O5S/c1-2-10(8-17)16-13(19)12(18)15-7-9-3-5-11(6-4-9)22(14,20)21/h3-6,10,17H,2,7-8H2,1H3,(H,15,18)(H,16,19)(H2,14,20,21). The molecule has 0 aliphatic rings. The van der Waals surface area contributed by atoms with Crippen LogP contribution in [0.3, 0.4) is 0 Å². The number of sulfonamides is 1. The number of carbonyl (C=O) groups is 2. The lowest BCUT2D eigenvalue weighted by Gasteiger charge is -2.13. The monoisotopic (exact) mass is 329 g/mol. The number of carbonyl (C=O) groups excluding carboxylic acids is 2. The molecule has 0 bridgehead atoms. The zero-order valence-electron chi connectivity index (χ0n) is 12.1. The van der Waals surface area contributed by atoms with Gasteiger partial charge in [-0.1, -0.05) is 19.1 Å². The average molecular weight is 329 g/mol. The molecule has 0 spiro atoms. The van der Waals surface area contributed by atoms with Gasteiger partial charge < -0.3 is 15.7 Å². The Bertz CT molecular complexity index is 624. The molecule has 0 heterocycles. The van der Waals surface area contributed by atoms with Crippen LogP contribution in [0.4, 0.5) is 0 Å². The van der Waals surface area contributed by atoms with Crippen molar-refractivity contribution in [3.63, 3.8) is 0 Å². The van der Waals surface area contributed by atoms with Crippen LogP contribution in [0.25, 0.3) is 0 Å². The van der Waals surface area contributed by atoms with Gasteiger partial charge in [-0.05, 0) is 24.1 Å². The maximum Gasteiger partial charge on any atom is 0.309 e. The van der Waals surface area contributed by atoms with Crippen LogP contribution in [0.15, 0.2) is 29.2 Å². The third-order valence-corrected chi connectivity index (χ3v) is 3.89. The molecule has 1 unspecified atom stereocenters. The highest BCUT2D eigenvalue weighted by Gasteiger charge is 2.16. The maximum atomic E-state index is 11.6. The summed E-state index contributed by atoms with van der Waals surface area (Å²) >= 11 is 0. The predicted octanol–water partition coefficient (Wildman–Crippen LogP) is -1.16. The summed E-state index contributed by atoms with van der Waals surface area (Å²) < 4.78 is 22.2. The molecule has 0 aliphatic carbocycles. The predicted molar refractivity (Wildman–Crippen MR) is 79.0 cm³/mol. The van der Waals surface area contributed by atoms with Crippen molar-refractivity contribution in [3.05, 3.63) is 29.8 Å². The lowest BCUT2D eigenvalue weighted by molar-refractivity contribution is -0.139. The minimum atomic E-state index is -3.76. The van der Waals surface area contributed by atoms with Crippen LogP contribution in [-0.4, -0.2) is 38.0 Å². The Balaban J connectivity index is 2.55. The van der Waals surface area contributed by atoms with Crippen molar-refractivity contribution in [1.82, 2.24) is 10.6 Å². The van der Waals surface area contributed by atoms with Crippen molar-refractivity contribution in [2.45, 2.75) is 30.8 Å². The third kappa shape index (κ3) is 5.43. The summed E-state index contributed by atoms with van der Waals surface area (Å²) in [6.45, 7) is 1.59. The molecular weight excluding hydrogens is 310 g/mol. The molecule has 0 radical (unpaired) electrons. The zero-order chi connectivity index (χ0) is 16.8. The molecular formula is C13H19N3O5S. The van der Waals surface area contributed by atoms with E-state index in [9.17, 15) is 18.0 Å². The van der Waals surface area contributed by atoms with E-state index in [4.69, 9.17) is 10.2 Å². The maximum absolute atomic E-state index is 11.6. The van der Waals surface area contributed by atoms with Gasteiger partial charge in [0.05, 0.1) is 17.5 Å². The fraction of sp³-hybridized carbons (Fsp3) is 0.385. The van der Waals surface area contributed by atoms with Crippen LogP contribution < -0.4 is 15.8 Å². The number of nitrogens with two attached hydrogens (primary N) is 1. The SMILES string of the molecule is CCC(CO)NC(=O)C(=O)NCc1ccc(S(N)(=O)=O)cc1. The van der Waals surface area contributed by atoms with Gasteiger partial charge in [-0.3, -0.25) is 9.59 Å². The topological polar surface area (TPSA) is 139 Å². The summed E-state index contributed by atoms with van der Waals surface area (Å²) in [5.41, 5.74) is 0.614. The van der Waals surface area contributed by atoms with Crippen molar-refractivity contribution in [3.8, 4) is 0 Å². The molecule has 0 saturated carbocycles. The molecule has 2 amide bonds. The highest BCUT2D eigenvalue weighted by Crippen LogP contribution is 2.08. The molecule has 22 heavy (non-hydrogen) atoms. The molecule has 0 aliphatic heterocycles. The van der Waals surface area contributed by atoms with Gasteiger partial charge in [-0.15, -0.1) is 0 Å². The number of aliphatic hydroxyl groups is 1. The highest BCUT2D eigenvalue weighted by molar-refractivity contribution is 7.89. The van der Waals surface area contributed by atoms with Crippen LogP contribution >= 0.6 is 0 Å². The minimum Gasteiger partial charge on any atom is -0.394 e. The number of rotatable bonds is 6. The molecule has 1 rings (SSSR count). The fourth-order valence-corrected chi connectivity index (χ4v) is 2.10. The van der Waals surface area contributed by atoms with Gasteiger partial charge in [0.25, 0.3) is 0 Å². The van der Waals surface area contributed by atoms with E-state index >= 15 is 0 Å². The van der Waals surface area contributed by atoms with Gasteiger partial charge in [0.2, 0.25) is 10.0 Å². The van der Waals surface area contributed by atoms with E-state index in [-0.39, 0.29) is 18.0 Å². The number of primary sulfonamides is 1. The summed E-state index contributed by atoms with van der Waals surface area (Å²) in [6.07, 6.45) is 0.505. The molecule has 0 fully saturated rings. The molecule has 9 heteroatoms. The van der Waals surface area contributed by atoms with Gasteiger partial charge in [-0.25, -0.2) is 13.6 Å². The number of amides is 2. The quantitative estimate of drug-likeness (QED) is 0.487. The van der Waals surface area contributed by atoms with Crippen LogP contribution in [0.2, 0.25) is 0 Å². The normalized spacial score (nSPS) is 12.5. The lowest BCUT2D eigenvalue weighted by atomic mass is 10.2. The van der Waals surface area contributed by atoms with E-state index in [2.05, 4.69) is 10.6 Å². The van der Waals surface area contributed by atoms with Gasteiger partial charge >= 0.3 is 11.8 Å². The average Bonchev–Trinajstić information content (AvgIpc) is 2.49. The van der Waals surface area contributed by atoms with E-state index in [1.165, 1.54) is 24.3 Å². The van der Waals surface area contributed by atoms with Crippen molar-refractivity contribution in [1.29, 1.82) is 0 Å². The first-order chi connectivity index (χ1) is 10.3. The lowest BCUT2D eigenvalue weighted by Crippen LogP contribution is -2.45. The van der Waals surface area contributed by atoms with Gasteiger partial charge in [0, 0.05) is 6.54 Å².